The lowest BCUT2D eigenvalue weighted by atomic mass is 9.87. The van der Waals surface area contributed by atoms with Gasteiger partial charge in [0.25, 0.3) is 0 Å². The van der Waals surface area contributed by atoms with Crippen molar-refractivity contribution in [2.45, 2.75) is 43.4 Å². The number of anilines is 1. The van der Waals surface area contributed by atoms with Gasteiger partial charge in [0.15, 0.2) is 0 Å². The number of nitrogens with zero attached hydrogens (tertiary/aromatic N) is 3. The van der Waals surface area contributed by atoms with Crippen LogP contribution < -0.4 is 5.32 Å². The van der Waals surface area contributed by atoms with Gasteiger partial charge in [-0.05, 0) is 55.9 Å². The molecule has 1 aliphatic carbocycles. The molecule has 0 spiro atoms. The Morgan fingerprint density at radius 3 is 2.92 bits per heavy atom. The molecule has 128 valence electrons. The molecule has 2 heterocycles. The lowest BCUT2D eigenvalue weighted by Gasteiger charge is -2.22. The van der Waals surface area contributed by atoms with Gasteiger partial charge >= 0.3 is 0 Å². The van der Waals surface area contributed by atoms with E-state index in [2.05, 4.69) is 23.3 Å². The van der Waals surface area contributed by atoms with Crippen molar-refractivity contribution in [3.63, 3.8) is 0 Å². The van der Waals surface area contributed by atoms with Gasteiger partial charge < -0.3 is 5.32 Å². The molecule has 1 N–H and O–H groups in total. The Labute approximate surface area is 151 Å². The molecule has 2 aromatic heterocycles. The largest absolute Gasteiger partial charge is 0.325 e. The van der Waals surface area contributed by atoms with Crippen molar-refractivity contribution in [2.24, 2.45) is 5.92 Å². The van der Waals surface area contributed by atoms with Crippen molar-refractivity contribution in [1.82, 2.24) is 9.97 Å². The summed E-state index contributed by atoms with van der Waals surface area (Å²) in [5.74, 6) is 0.512. The second-order valence-corrected chi connectivity index (χ2v) is 7.72. The topological polar surface area (TPSA) is 78.7 Å². The van der Waals surface area contributed by atoms with Gasteiger partial charge in [-0.3, -0.25) is 9.78 Å². The molecule has 3 rings (SSSR count). The van der Waals surface area contributed by atoms with E-state index in [4.69, 9.17) is 4.98 Å². The Morgan fingerprint density at radius 1 is 1.44 bits per heavy atom. The fraction of sp³-hybridized carbons (Fsp3) is 0.368. The van der Waals surface area contributed by atoms with Gasteiger partial charge in [0.1, 0.15) is 11.1 Å². The summed E-state index contributed by atoms with van der Waals surface area (Å²) in [6.45, 7) is 4.05. The molecule has 0 bridgehead atoms. The zero-order valence-electron chi connectivity index (χ0n) is 14.3. The van der Waals surface area contributed by atoms with Gasteiger partial charge in [-0.25, -0.2) is 4.98 Å². The van der Waals surface area contributed by atoms with Crippen LogP contribution in [-0.2, 0) is 17.6 Å². The average Bonchev–Trinajstić information content (AvgIpc) is 2.62. The second kappa shape index (κ2) is 7.66. The zero-order chi connectivity index (χ0) is 17.8. The van der Waals surface area contributed by atoms with Gasteiger partial charge in [-0.2, -0.15) is 5.26 Å². The van der Waals surface area contributed by atoms with Crippen LogP contribution in [0.3, 0.4) is 0 Å². The Hall–Kier alpha value is -2.39. The monoisotopic (exact) mass is 352 g/mol. The van der Waals surface area contributed by atoms with E-state index in [1.54, 1.807) is 24.5 Å². The standard InChI is InChI=1S/C19H20N4OS/c1-12-3-4-17-14(9-12)10-15(11-20)19(23-17)25-13(2)18(24)22-16-5-7-21-8-6-16/h5-8,10,12-13H,3-4,9H2,1-2H3,(H,21,22,24). The van der Waals surface area contributed by atoms with Crippen molar-refractivity contribution >= 4 is 23.4 Å². The van der Waals surface area contributed by atoms with Crippen molar-refractivity contribution in [3.05, 3.63) is 47.4 Å². The van der Waals surface area contributed by atoms with Crippen molar-refractivity contribution in [3.8, 4) is 6.07 Å². The van der Waals surface area contributed by atoms with Gasteiger partial charge in [0.2, 0.25) is 5.91 Å². The Bertz CT molecular complexity index is 816. The number of hydrogen-bond acceptors (Lipinski definition) is 5. The Kier molecular flexibility index (Phi) is 5.34. The number of amides is 1. The fourth-order valence-corrected chi connectivity index (χ4v) is 3.79. The molecule has 2 unspecified atom stereocenters. The third kappa shape index (κ3) is 4.18. The van der Waals surface area contributed by atoms with Crippen LogP contribution in [0.5, 0.6) is 0 Å². The van der Waals surface area contributed by atoms with E-state index >= 15 is 0 Å². The first-order valence-corrected chi connectivity index (χ1v) is 9.25. The van der Waals surface area contributed by atoms with Crippen molar-refractivity contribution in [1.29, 1.82) is 5.26 Å². The number of nitriles is 1. The van der Waals surface area contributed by atoms with Gasteiger partial charge in [0.05, 0.1) is 10.8 Å². The molecule has 0 radical (unpaired) electrons. The minimum atomic E-state index is -0.353. The predicted octanol–water partition coefficient (Wildman–Crippen LogP) is 3.59. The van der Waals surface area contributed by atoms with Crippen molar-refractivity contribution < 1.29 is 4.79 Å². The number of thioether (sulfide) groups is 1. The number of pyridine rings is 2. The minimum absolute atomic E-state index is 0.117. The quantitative estimate of drug-likeness (QED) is 0.851. The molecule has 0 fully saturated rings. The molecular formula is C19H20N4OS. The summed E-state index contributed by atoms with van der Waals surface area (Å²) in [7, 11) is 0. The fourth-order valence-electron chi connectivity index (χ4n) is 2.90. The van der Waals surface area contributed by atoms with E-state index in [0.717, 1.165) is 25.0 Å². The van der Waals surface area contributed by atoms with Crippen molar-refractivity contribution in [2.75, 3.05) is 5.32 Å². The van der Waals surface area contributed by atoms with E-state index in [1.165, 1.54) is 17.3 Å². The molecule has 25 heavy (non-hydrogen) atoms. The average molecular weight is 352 g/mol. The number of rotatable bonds is 4. The van der Waals surface area contributed by atoms with Gasteiger partial charge in [-0.15, -0.1) is 0 Å². The highest BCUT2D eigenvalue weighted by atomic mass is 32.2. The SMILES string of the molecule is CC1CCc2nc(SC(C)C(=O)Nc3ccncc3)c(C#N)cc2C1. The van der Waals surface area contributed by atoms with Gasteiger partial charge in [0, 0.05) is 23.8 Å². The van der Waals surface area contributed by atoms with Gasteiger partial charge in [-0.1, -0.05) is 18.7 Å². The summed E-state index contributed by atoms with van der Waals surface area (Å²) < 4.78 is 0. The number of carbonyl (C=O) groups is 1. The maximum Gasteiger partial charge on any atom is 0.237 e. The molecule has 0 aliphatic heterocycles. The number of carbonyl (C=O) groups excluding carboxylic acids is 1. The molecule has 5 nitrogen and oxygen atoms in total. The van der Waals surface area contributed by atoms with Crippen LogP contribution in [0.15, 0.2) is 35.6 Å². The summed E-state index contributed by atoms with van der Waals surface area (Å²) >= 11 is 1.33. The highest BCUT2D eigenvalue weighted by Crippen LogP contribution is 2.31. The van der Waals surface area contributed by atoms with E-state index in [9.17, 15) is 10.1 Å². The Morgan fingerprint density at radius 2 is 2.20 bits per heavy atom. The normalized spacial score (nSPS) is 17.2. The third-order valence-corrected chi connectivity index (χ3v) is 5.43. The van der Waals surface area contributed by atoms with Crippen LogP contribution >= 0.6 is 11.8 Å². The van der Waals surface area contributed by atoms with Crippen LogP contribution in [0.25, 0.3) is 0 Å². The minimum Gasteiger partial charge on any atom is -0.325 e. The highest BCUT2D eigenvalue weighted by molar-refractivity contribution is 8.00. The Balaban J connectivity index is 1.75. The maximum atomic E-state index is 12.4. The molecule has 0 saturated carbocycles. The molecule has 2 aromatic rings. The highest BCUT2D eigenvalue weighted by Gasteiger charge is 2.22. The predicted molar refractivity (Wildman–Crippen MR) is 98.3 cm³/mol. The van der Waals surface area contributed by atoms with E-state index in [-0.39, 0.29) is 11.2 Å². The molecule has 2 atom stereocenters. The van der Waals surface area contributed by atoms with Crippen LogP contribution in [0.1, 0.15) is 37.1 Å². The molecule has 6 heteroatoms. The number of fused-ring (bicyclic) bond motifs is 1. The lowest BCUT2D eigenvalue weighted by Crippen LogP contribution is -2.23. The van der Waals surface area contributed by atoms with E-state index < -0.39 is 0 Å². The molecule has 1 aliphatic rings. The molecule has 0 saturated heterocycles. The summed E-state index contributed by atoms with van der Waals surface area (Å²) in [6.07, 6.45) is 6.29. The number of nitrogens with one attached hydrogen (secondary N) is 1. The van der Waals surface area contributed by atoms with Crippen LogP contribution in [0.2, 0.25) is 0 Å². The van der Waals surface area contributed by atoms with Crippen LogP contribution in [0.4, 0.5) is 5.69 Å². The zero-order valence-corrected chi connectivity index (χ0v) is 15.1. The molecule has 0 aromatic carbocycles. The summed E-state index contributed by atoms with van der Waals surface area (Å²) in [5.41, 5.74) is 3.51. The maximum absolute atomic E-state index is 12.4. The summed E-state index contributed by atoms with van der Waals surface area (Å²) in [4.78, 5) is 21.0. The smallest absolute Gasteiger partial charge is 0.237 e. The number of aromatic nitrogens is 2. The van der Waals surface area contributed by atoms with E-state index in [0.29, 0.717) is 22.2 Å². The molecular weight excluding hydrogens is 332 g/mol. The number of aryl methyl sites for hydroxylation is 1. The first kappa shape index (κ1) is 17.4. The first-order valence-electron chi connectivity index (χ1n) is 8.37. The van der Waals surface area contributed by atoms with E-state index in [1.807, 2.05) is 13.0 Å². The summed E-state index contributed by atoms with van der Waals surface area (Å²) in [6, 6.07) is 7.67. The molecule has 1 amide bonds. The first-order chi connectivity index (χ1) is 12.1. The third-order valence-electron chi connectivity index (χ3n) is 4.32. The van der Waals surface area contributed by atoms with Crippen LogP contribution in [0, 0.1) is 17.2 Å². The number of hydrogen-bond donors (Lipinski definition) is 1. The second-order valence-electron chi connectivity index (χ2n) is 6.39. The lowest BCUT2D eigenvalue weighted by molar-refractivity contribution is -0.115. The summed E-state index contributed by atoms with van der Waals surface area (Å²) in [5, 5.41) is 12.6. The van der Waals surface area contributed by atoms with Crippen LogP contribution in [-0.4, -0.2) is 21.1 Å².